The third-order valence-electron chi connectivity index (χ3n) is 5.01. The Balaban J connectivity index is 1.61. The van der Waals surface area contributed by atoms with Crippen LogP contribution in [0, 0.1) is 13.8 Å². The molecule has 2 aromatic heterocycles. The molecule has 0 aliphatic rings. The summed E-state index contributed by atoms with van der Waals surface area (Å²) in [4.78, 5) is 0. The van der Waals surface area contributed by atoms with Gasteiger partial charge in [-0.15, -0.1) is 10.2 Å². The molecule has 0 fully saturated rings. The van der Waals surface area contributed by atoms with Gasteiger partial charge < -0.3 is 0 Å². The van der Waals surface area contributed by atoms with Crippen LogP contribution in [0.4, 0.5) is 0 Å². The van der Waals surface area contributed by atoms with Crippen molar-refractivity contribution in [1.82, 2.24) is 40.4 Å². The molecule has 0 aliphatic heterocycles. The number of hydrogen-bond donors (Lipinski definition) is 0. The molecule has 8 nitrogen and oxygen atoms in total. The highest BCUT2D eigenvalue weighted by Crippen LogP contribution is 2.27. The van der Waals surface area contributed by atoms with Crippen molar-refractivity contribution in [3.8, 4) is 34.2 Å². The molecule has 3 aromatic carbocycles. The molecule has 0 bridgehead atoms. The summed E-state index contributed by atoms with van der Waals surface area (Å²) < 4.78 is 3.50. The van der Waals surface area contributed by atoms with Gasteiger partial charge in [0, 0.05) is 11.1 Å². The number of nitrogens with zero attached hydrogens (tertiary/aromatic N) is 8. The number of hydrogen-bond acceptors (Lipinski definition) is 6. The zero-order valence-corrected chi connectivity index (χ0v) is 16.5. The van der Waals surface area contributed by atoms with E-state index in [0.29, 0.717) is 11.6 Å². The lowest BCUT2D eigenvalue weighted by Gasteiger charge is -2.10. The molecule has 0 spiro atoms. The number of aryl methyl sites for hydroxylation is 2. The Kier molecular flexibility index (Phi) is 4.36. The molecule has 5 aromatic rings. The van der Waals surface area contributed by atoms with Crippen molar-refractivity contribution in [3.63, 3.8) is 0 Å². The minimum atomic E-state index is 0.654. The summed E-state index contributed by atoms with van der Waals surface area (Å²) >= 11 is 0. The summed E-state index contributed by atoms with van der Waals surface area (Å²) in [6.07, 6.45) is 0. The first-order valence-corrected chi connectivity index (χ1v) is 9.52. The van der Waals surface area contributed by atoms with E-state index in [1.807, 2.05) is 86.6 Å². The molecule has 0 atom stereocenters. The monoisotopic (exact) mass is 394 g/mol. The summed E-state index contributed by atoms with van der Waals surface area (Å²) in [5.74, 6) is 1.31. The van der Waals surface area contributed by atoms with Crippen LogP contribution in [0.25, 0.3) is 34.2 Å². The van der Waals surface area contributed by atoms with Gasteiger partial charge in [-0.2, -0.15) is 9.36 Å². The molecular weight excluding hydrogens is 376 g/mol. The SMILES string of the molecule is Cc1ccccc1-n1nnnc1-c1cccc(-c2nnnn2-c2ccccc2C)c1. The highest BCUT2D eigenvalue weighted by Gasteiger charge is 2.16. The minimum absolute atomic E-state index is 0.654. The van der Waals surface area contributed by atoms with E-state index < -0.39 is 0 Å². The first kappa shape index (κ1) is 17.9. The minimum Gasteiger partial charge on any atom is -0.193 e. The Morgan fingerprint density at radius 1 is 0.567 bits per heavy atom. The first-order valence-electron chi connectivity index (χ1n) is 9.52. The Morgan fingerprint density at radius 3 is 1.50 bits per heavy atom. The largest absolute Gasteiger partial charge is 0.193 e. The average molecular weight is 394 g/mol. The molecule has 0 amide bonds. The number of aromatic nitrogens is 8. The van der Waals surface area contributed by atoms with Crippen molar-refractivity contribution < 1.29 is 0 Å². The van der Waals surface area contributed by atoms with Crippen LogP contribution >= 0.6 is 0 Å². The van der Waals surface area contributed by atoms with E-state index in [-0.39, 0.29) is 0 Å². The highest BCUT2D eigenvalue weighted by atomic mass is 15.5. The van der Waals surface area contributed by atoms with Crippen molar-refractivity contribution in [1.29, 1.82) is 0 Å². The van der Waals surface area contributed by atoms with Crippen molar-refractivity contribution >= 4 is 0 Å². The third-order valence-corrected chi connectivity index (χ3v) is 5.01. The third kappa shape index (κ3) is 3.04. The fourth-order valence-electron chi connectivity index (χ4n) is 3.46. The molecule has 30 heavy (non-hydrogen) atoms. The molecule has 8 heteroatoms. The maximum absolute atomic E-state index is 4.26. The summed E-state index contributed by atoms with van der Waals surface area (Å²) in [6, 6.07) is 23.9. The van der Waals surface area contributed by atoms with E-state index in [1.165, 1.54) is 0 Å². The fraction of sp³-hybridized carbons (Fsp3) is 0.0909. The second-order valence-electron chi connectivity index (χ2n) is 6.98. The molecule has 2 heterocycles. The van der Waals surface area contributed by atoms with Gasteiger partial charge in [-0.05, 0) is 64.0 Å². The van der Waals surface area contributed by atoms with Gasteiger partial charge in [-0.3, -0.25) is 0 Å². The van der Waals surface area contributed by atoms with E-state index in [2.05, 4.69) is 31.1 Å². The number of tetrazole rings is 2. The summed E-state index contributed by atoms with van der Waals surface area (Å²) in [6.45, 7) is 4.07. The van der Waals surface area contributed by atoms with Crippen molar-refractivity contribution in [3.05, 3.63) is 83.9 Å². The first-order chi connectivity index (χ1) is 14.7. The van der Waals surface area contributed by atoms with E-state index in [1.54, 1.807) is 9.36 Å². The Bertz CT molecular complexity index is 1240. The van der Waals surface area contributed by atoms with Crippen LogP contribution in [0.3, 0.4) is 0 Å². The van der Waals surface area contributed by atoms with Gasteiger partial charge in [0.05, 0.1) is 11.4 Å². The lowest BCUT2D eigenvalue weighted by molar-refractivity contribution is 0.787. The number of benzene rings is 3. The van der Waals surface area contributed by atoms with E-state index >= 15 is 0 Å². The van der Waals surface area contributed by atoms with Gasteiger partial charge in [0.2, 0.25) is 0 Å². The van der Waals surface area contributed by atoms with Gasteiger partial charge in [-0.25, -0.2) is 0 Å². The second kappa shape index (κ2) is 7.32. The Hall–Kier alpha value is -4.20. The molecule has 0 saturated heterocycles. The molecule has 0 saturated carbocycles. The van der Waals surface area contributed by atoms with Crippen LogP contribution in [0.2, 0.25) is 0 Å². The molecule has 0 aliphatic carbocycles. The second-order valence-corrected chi connectivity index (χ2v) is 6.98. The van der Waals surface area contributed by atoms with E-state index in [0.717, 1.165) is 33.6 Å². The average Bonchev–Trinajstić information content (AvgIpc) is 3.44. The van der Waals surface area contributed by atoms with Crippen LogP contribution < -0.4 is 0 Å². The topological polar surface area (TPSA) is 87.2 Å². The van der Waals surface area contributed by atoms with Crippen molar-refractivity contribution in [2.24, 2.45) is 0 Å². The zero-order valence-electron chi connectivity index (χ0n) is 16.5. The predicted molar refractivity (Wildman–Crippen MR) is 112 cm³/mol. The fourth-order valence-corrected chi connectivity index (χ4v) is 3.46. The lowest BCUT2D eigenvalue weighted by atomic mass is 10.1. The lowest BCUT2D eigenvalue weighted by Crippen LogP contribution is -2.03. The van der Waals surface area contributed by atoms with Crippen LogP contribution in [0.1, 0.15) is 11.1 Å². The van der Waals surface area contributed by atoms with Crippen LogP contribution in [0.5, 0.6) is 0 Å². The maximum atomic E-state index is 4.26. The smallest absolute Gasteiger partial charge is 0.187 e. The predicted octanol–water partition coefficient (Wildman–Crippen LogP) is 3.59. The molecule has 0 unspecified atom stereocenters. The molecule has 0 radical (unpaired) electrons. The maximum Gasteiger partial charge on any atom is 0.187 e. The Morgan fingerprint density at radius 2 is 1.03 bits per heavy atom. The normalized spacial score (nSPS) is 11.0. The number of rotatable bonds is 4. The van der Waals surface area contributed by atoms with Gasteiger partial charge in [0.25, 0.3) is 0 Å². The molecular formula is C22H18N8. The summed E-state index contributed by atoms with van der Waals surface area (Å²) in [7, 11) is 0. The van der Waals surface area contributed by atoms with Gasteiger partial charge in [0.15, 0.2) is 11.6 Å². The van der Waals surface area contributed by atoms with Crippen molar-refractivity contribution in [2.75, 3.05) is 0 Å². The Labute approximate surface area is 172 Å². The quantitative estimate of drug-likeness (QED) is 0.463. The summed E-state index contributed by atoms with van der Waals surface area (Å²) in [5, 5.41) is 24.7. The van der Waals surface area contributed by atoms with Crippen molar-refractivity contribution in [2.45, 2.75) is 13.8 Å². The van der Waals surface area contributed by atoms with E-state index in [9.17, 15) is 0 Å². The van der Waals surface area contributed by atoms with E-state index in [4.69, 9.17) is 0 Å². The van der Waals surface area contributed by atoms with Gasteiger partial charge >= 0.3 is 0 Å². The van der Waals surface area contributed by atoms with Crippen LogP contribution in [0.15, 0.2) is 72.8 Å². The molecule has 0 N–H and O–H groups in total. The highest BCUT2D eigenvalue weighted by molar-refractivity contribution is 5.68. The zero-order chi connectivity index (χ0) is 20.5. The standard InChI is InChI=1S/C22H18N8/c1-15-8-3-5-12-19(15)29-21(23-25-27-29)17-10-7-11-18(14-17)22-24-26-28-30(22)20-13-6-4-9-16(20)2/h3-14H,1-2H3. The molecule has 146 valence electrons. The molecule has 5 rings (SSSR count). The summed E-state index contributed by atoms with van der Waals surface area (Å²) in [5.41, 5.74) is 5.80. The van der Waals surface area contributed by atoms with Gasteiger partial charge in [0.1, 0.15) is 0 Å². The number of para-hydroxylation sites is 2. The van der Waals surface area contributed by atoms with Crippen LogP contribution in [-0.2, 0) is 0 Å². The van der Waals surface area contributed by atoms with Gasteiger partial charge in [-0.1, -0.05) is 54.6 Å². The van der Waals surface area contributed by atoms with Crippen LogP contribution in [-0.4, -0.2) is 40.4 Å².